The van der Waals surface area contributed by atoms with Crippen LogP contribution in [0, 0.1) is 11.7 Å². The summed E-state index contributed by atoms with van der Waals surface area (Å²) >= 11 is 0. The molecule has 2 rings (SSSR count). The Balaban J connectivity index is 1.79. The fourth-order valence-electron chi connectivity index (χ4n) is 3.09. The maximum atomic E-state index is 12.8. The van der Waals surface area contributed by atoms with Crippen LogP contribution in [0.25, 0.3) is 0 Å². The van der Waals surface area contributed by atoms with Crippen LogP contribution in [0.5, 0.6) is 0 Å². The molecule has 122 valence electrons. The van der Waals surface area contributed by atoms with E-state index in [0.29, 0.717) is 12.1 Å². The first-order valence-corrected chi connectivity index (χ1v) is 8.01. The summed E-state index contributed by atoms with van der Waals surface area (Å²) in [5.41, 5.74) is 0.601. The molecular formula is C17H25FN2O2. The molecule has 0 spiro atoms. The van der Waals surface area contributed by atoms with Crippen molar-refractivity contribution in [3.63, 3.8) is 0 Å². The molecule has 0 saturated heterocycles. The monoisotopic (exact) mass is 308 g/mol. The summed E-state index contributed by atoms with van der Waals surface area (Å²) in [7, 11) is 0. The molecule has 1 saturated carbocycles. The summed E-state index contributed by atoms with van der Waals surface area (Å²) in [6, 6.07) is 6.07. The van der Waals surface area contributed by atoms with Crippen LogP contribution in [0.15, 0.2) is 24.3 Å². The summed E-state index contributed by atoms with van der Waals surface area (Å²) in [6.45, 7) is 2.18. The van der Waals surface area contributed by atoms with E-state index in [4.69, 9.17) is 0 Å². The van der Waals surface area contributed by atoms with E-state index in [1.807, 2.05) is 6.92 Å². The van der Waals surface area contributed by atoms with Gasteiger partial charge in [0, 0.05) is 30.8 Å². The molecule has 3 unspecified atom stereocenters. The van der Waals surface area contributed by atoms with Crippen molar-refractivity contribution >= 4 is 11.6 Å². The summed E-state index contributed by atoms with van der Waals surface area (Å²) in [5.74, 6) is -0.125. The van der Waals surface area contributed by atoms with Gasteiger partial charge in [-0.2, -0.15) is 0 Å². The number of carbonyl (C=O) groups excluding carboxylic acids is 1. The van der Waals surface area contributed by atoms with Crippen molar-refractivity contribution in [2.75, 3.05) is 11.9 Å². The second kappa shape index (κ2) is 8.25. The van der Waals surface area contributed by atoms with Crippen LogP contribution in [0.4, 0.5) is 10.1 Å². The normalized spacial score (nSPS) is 23.0. The lowest BCUT2D eigenvalue weighted by Crippen LogP contribution is -2.45. The molecule has 1 aliphatic rings. The summed E-state index contributed by atoms with van der Waals surface area (Å²) in [4.78, 5) is 12.0. The Hall–Kier alpha value is -1.46. The third-order valence-electron chi connectivity index (χ3n) is 4.26. The Labute approximate surface area is 131 Å². The summed E-state index contributed by atoms with van der Waals surface area (Å²) in [5, 5.41) is 15.7. The zero-order valence-electron chi connectivity index (χ0n) is 13.0. The van der Waals surface area contributed by atoms with Gasteiger partial charge in [0.15, 0.2) is 0 Å². The van der Waals surface area contributed by atoms with Gasteiger partial charge in [-0.15, -0.1) is 0 Å². The number of anilines is 1. The molecule has 3 atom stereocenters. The lowest BCUT2D eigenvalue weighted by Gasteiger charge is -2.33. The summed E-state index contributed by atoms with van der Waals surface area (Å²) < 4.78 is 12.8. The maximum absolute atomic E-state index is 12.8. The van der Waals surface area contributed by atoms with Crippen molar-refractivity contribution in [3.05, 3.63) is 30.1 Å². The first-order valence-electron chi connectivity index (χ1n) is 8.01. The van der Waals surface area contributed by atoms with Gasteiger partial charge in [-0.25, -0.2) is 4.39 Å². The highest BCUT2D eigenvalue weighted by Gasteiger charge is 2.25. The van der Waals surface area contributed by atoms with Crippen LogP contribution >= 0.6 is 0 Å². The fraction of sp³-hybridized carbons (Fsp3) is 0.588. The molecule has 1 aliphatic carbocycles. The predicted molar refractivity (Wildman–Crippen MR) is 85.1 cm³/mol. The average molecular weight is 308 g/mol. The molecule has 3 N–H and O–H groups in total. The van der Waals surface area contributed by atoms with E-state index < -0.39 is 0 Å². The van der Waals surface area contributed by atoms with Gasteiger partial charge in [0.25, 0.3) is 0 Å². The van der Waals surface area contributed by atoms with Gasteiger partial charge in [-0.3, -0.25) is 4.79 Å². The Morgan fingerprint density at radius 1 is 1.32 bits per heavy atom. The number of aliphatic hydroxyl groups is 1. The van der Waals surface area contributed by atoms with E-state index >= 15 is 0 Å². The zero-order chi connectivity index (χ0) is 15.9. The molecule has 1 aromatic rings. The summed E-state index contributed by atoms with van der Waals surface area (Å²) in [6.07, 6.45) is 4.79. The number of hydrogen-bond acceptors (Lipinski definition) is 3. The molecule has 22 heavy (non-hydrogen) atoms. The highest BCUT2D eigenvalue weighted by molar-refractivity contribution is 5.91. The topological polar surface area (TPSA) is 61.4 Å². The van der Waals surface area contributed by atoms with Gasteiger partial charge in [0.1, 0.15) is 5.82 Å². The molecule has 0 bridgehead atoms. The van der Waals surface area contributed by atoms with Crippen molar-refractivity contribution in [1.29, 1.82) is 0 Å². The van der Waals surface area contributed by atoms with Gasteiger partial charge >= 0.3 is 0 Å². The Kier molecular flexibility index (Phi) is 6.34. The molecule has 0 radical (unpaired) electrons. The maximum Gasteiger partial charge on any atom is 0.225 e. The lowest BCUT2D eigenvalue weighted by molar-refractivity contribution is -0.116. The Morgan fingerprint density at radius 3 is 2.68 bits per heavy atom. The Morgan fingerprint density at radius 2 is 2.00 bits per heavy atom. The first kappa shape index (κ1) is 16.9. The van der Waals surface area contributed by atoms with Gasteiger partial charge < -0.3 is 15.7 Å². The van der Waals surface area contributed by atoms with Crippen molar-refractivity contribution in [2.24, 2.45) is 5.92 Å². The van der Waals surface area contributed by atoms with Gasteiger partial charge in [-0.05, 0) is 49.9 Å². The fourth-order valence-corrected chi connectivity index (χ4v) is 3.09. The third kappa shape index (κ3) is 5.07. The van der Waals surface area contributed by atoms with E-state index in [9.17, 15) is 14.3 Å². The van der Waals surface area contributed by atoms with Gasteiger partial charge in [-0.1, -0.05) is 12.8 Å². The molecular weight excluding hydrogens is 283 g/mol. The number of nitrogens with one attached hydrogen (secondary N) is 2. The average Bonchev–Trinajstić information content (AvgIpc) is 2.50. The molecule has 4 nitrogen and oxygen atoms in total. The standard InChI is InChI=1S/C17H25FN2O2/c1-12(19-16-5-3-2-4-13(16)11-21)10-17(22)20-15-8-6-14(18)7-9-15/h6-9,12-13,16,19,21H,2-5,10-11H2,1H3,(H,20,22). The highest BCUT2D eigenvalue weighted by Crippen LogP contribution is 2.24. The van der Waals surface area contributed by atoms with Gasteiger partial charge in [0.2, 0.25) is 5.91 Å². The van der Waals surface area contributed by atoms with Crippen molar-refractivity contribution < 1.29 is 14.3 Å². The number of aliphatic hydroxyl groups excluding tert-OH is 1. The second-order valence-electron chi connectivity index (χ2n) is 6.16. The van der Waals surface area contributed by atoms with E-state index in [1.165, 1.54) is 25.0 Å². The molecule has 1 aromatic carbocycles. The van der Waals surface area contributed by atoms with E-state index in [-0.39, 0.29) is 36.3 Å². The number of amides is 1. The SMILES string of the molecule is CC(CC(=O)Nc1ccc(F)cc1)NC1CCCCC1CO. The largest absolute Gasteiger partial charge is 0.396 e. The van der Waals surface area contributed by atoms with Gasteiger partial charge in [0.05, 0.1) is 0 Å². The molecule has 0 aliphatic heterocycles. The number of rotatable bonds is 6. The Bertz CT molecular complexity index is 478. The van der Waals surface area contributed by atoms with Crippen LogP contribution in [0.1, 0.15) is 39.0 Å². The number of carbonyl (C=O) groups is 1. The smallest absolute Gasteiger partial charge is 0.225 e. The number of hydrogen-bond donors (Lipinski definition) is 3. The number of halogens is 1. The third-order valence-corrected chi connectivity index (χ3v) is 4.26. The molecule has 1 amide bonds. The molecule has 0 heterocycles. The van der Waals surface area contributed by atoms with E-state index in [0.717, 1.165) is 12.8 Å². The van der Waals surface area contributed by atoms with Crippen LogP contribution in [-0.4, -0.2) is 29.7 Å². The molecule has 5 heteroatoms. The quantitative estimate of drug-likeness (QED) is 0.757. The van der Waals surface area contributed by atoms with E-state index in [2.05, 4.69) is 10.6 Å². The van der Waals surface area contributed by atoms with Crippen LogP contribution in [-0.2, 0) is 4.79 Å². The van der Waals surface area contributed by atoms with Crippen molar-refractivity contribution in [2.45, 2.75) is 51.1 Å². The van der Waals surface area contributed by atoms with Crippen molar-refractivity contribution in [1.82, 2.24) is 5.32 Å². The highest BCUT2D eigenvalue weighted by atomic mass is 19.1. The van der Waals surface area contributed by atoms with Crippen LogP contribution in [0.3, 0.4) is 0 Å². The second-order valence-corrected chi connectivity index (χ2v) is 6.16. The lowest BCUT2D eigenvalue weighted by atomic mass is 9.84. The predicted octanol–water partition coefficient (Wildman–Crippen LogP) is 2.68. The molecule has 1 fully saturated rings. The number of benzene rings is 1. The minimum absolute atomic E-state index is 0.0394. The van der Waals surface area contributed by atoms with Crippen molar-refractivity contribution in [3.8, 4) is 0 Å². The zero-order valence-corrected chi connectivity index (χ0v) is 13.0. The van der Waals surface area contributed by atoms with Crippen LogP contribution in [0.2, 0.25) is 0 Å². The first-order chi connectivity index (χ1) is 10.6. The molecule has 0 aromatic heterocycles. The van der Waals surface area contributed by atoms with Crippen LogP contribution < -0.4 is 10.6 Å². The minimum Gasteiger partial charge on any atom is -0.396 e. The van der Waals surface area contributed by atoms with E-state index in [1.54, 1.807) is 12.1 Å². The minimum atomic E-state index is -0.319.